The van der Waals surface area contributed by atoms with Crippen LogP contribution in [0.1, 0.15) is 24.2 Å². The van der Waals surface area contributed by atoms with Gasteiger partial charge in [0.05, 0.1) is 0 Å². The standard InChI is InChI=1S/C10H12F2O/c1-2-7-3-5-8(6-4-7)9(13)10(11)12/h3-6,9-10,13H,2H2,1H3. The van der Waals surface area contributed by atoms with Gasteiger partial charge in [0.25, 0.3) is 6.43 Å². The smallest absolute Gasteiger partial charge is 0.268 e. The Balaban J connectivity index is 2.79. The number of alkyl halides is 2. The highest BCUT2D eigenvalue weighted by Gasteiger charge is 2.18. The van der Waals surface area contributed by atoms with Crippen LogP contribution in [0.4, 0.5) is 8.78 Å². The zero-order chi connectivity index (χ0) is 9.84. The van der Waals surface area contributed by atoms with Gasteiger partial charge < -0.3 is 5.11 Å². The molecule has 1 rings (SSSR count). The van der Waals surface area contributed by atoms with Crippen molar-refractivity contribution in [2.24, 2.45) is 0 Å². The van der Waals surface area contributed by atoms with E-state index in [2.05, 4.69) is 0 Å². The van der Waals surface area contributed by atoms with Crippen LogP contribution in [0.15, 0.2) is 24.3 Å². The number of aryl methyl sites for hydroxylation is 1. The van der Waals surface area contributed by atoms with Crippen LogP contribution in [0.2, 0.25) is 0 Å². The maximum Gasteiger partial charge on any atom is 0.268 e. The fourth-order valence-electron chi connectivity index (χ4n) is 1.10. The van der Waals surface area contributed by atoms with E-state index in [0.29, 0.717) is 0 Å². The Morgan fingerprint density at radius 2 is 1.77 bits per heavy atom. The van der Waals surface area contributed by atoms with Crippen LogP contribution < -0.4 is 0 Å². The van der Waals surface area contributed by atoms with Crippen LogP contribution in [0.3, 0.4) is 0 Å². The molecule has 0 spiro atoms. The Bertz CT molecular complexity index is 256. The zero-order valence-electron chi connectivity index (χ0n) is 7.37. The van der Waals surface area contributed by atoms with Crippen molar-refractivity contribution in [2.75, 3.05) is 0 Å². The molecule has 0 amide bonds. The molecule has 1 aromatic rings. The number of hydrogen-bond acceptors (Lipinski definition) is 1. The summed E-state index contributed by atoms with van der Waals surface area (Å²) in [6.45, 7) is 1.98. The average Bonchev–Trinajstić information content (AvgIpc) is 2.17. The van der Waals surface area contributed by atoms with E-state index < -0.39 is 12.5 Å². The molecule has 1 unspecified atom stereocenters. The van der Waals surface area contributed by atoms with Crippen LogP contribution in [0.25, 0.3) is 0 Å². The molecule has 1 aromatic carbocycles. The Morgan fingerprint density at radius 3 is 2.15 bits per heavy atom. The first-order valence-electron chi connectivity index (χ1n) is 4.20. The Kier molecular flexibility index (Phi) is 3.37. The molecule has 3 heteroatoms. The summed E-state index contributed by atoms with van der Waals surface area (Å²) in [7, 11) is 0. The summed E-state index contributed by atoms with van der Waals surface area (Å²) >= 11 is 0. The van der Waals surface area contributed by atoms with E-state index in [4.69, 9.17) is 5.11 Å². The number of halogens is 2. The second kappa shape index (κ2) is 4.33. The van der Waals surface area contributed by atoms with Gasteiger partial charge in [0.15, 0.2) is 0 Å². The maximum absolute atomic E-state index is 12.0. The highest BCUT2D eigenvalue weighted by molar-refractivity contribution is 5.24. The summed E-state index contributed by atoms with van der Waals surface area (Å²) < 4.78 is 24.1. The normalized spacial score (nSPS) is 13.3. The van der Waals surface area contributed by atoms with Crippen LogP contribution in [0, 0.1) is 0 Å². The lowest BCUT2D eigenvalue weighted by Crippen LogP contribution is -2.07. The third-order valence-electron chi connectivity index (χ3n) is 1.97. The summed E-state index contributed by atoms with van der Waals surface area (Å²) in [6, 6.07) is 6.58. The number of hydrogen-bond donors (Lipinski definition) is 1. The average molecular weight is 186 g/mol. The molecule has 0 saturated heterocycles. The fourth-order valence-corrected chi connectivity index (χ4v) is 1.10. The first kappa shape index (κ1) is 10.1. The quantitative estimate of drug-likeness (QED) is 0.769. The van der Waals surface area contributed by atoms with Gasteiger partial charge in [0, 0.05) is 0 Å². The summed E-state index contributed by atoms with van der Waals surface area (Å²) in [4.78, 5) is 0. The second-order valence-corrected chi connectivity index (χ2v) is 2.87. The largest absolute Gasteiger partial charge is 0.382 e. The molecule has 0 radical (unpaired) electrons. The van der Waals surface area contributed by atoms with Gasteiger partial charge in [-0.15, -0.1) is 0 Å². The molecule has 1 nitrogen and oxygen atoms in total. The number of aliphatic hydroxyl groups is 1. The van der Waals surface area contributed by atoms with Crippen molar-refractivity contribution >= 4 is 0 Å². The summed E-state index contributed by atoms with van der Waals surface area (Å²) in [5.74, 6) is 0. The number of rotatable bonds is 3. The lowest BCUT2D eigenvalue weighted by molar-refractivity contribution is -0.00578. The van der Waals surface area contributed by atoms with E-state index in [1.54, 1.807) is 12.1 Å². The van der Waals surface area contributed by atoms with Gasteiger partial charge in [0.2, 0.25) is 0 Å². The molecular weight excluding hydrogens is 174 g/mol. The van der Waals surface area contributed by atoms with Crippen molar-refractivity contribution < 1.29 is 13.9 Å². The molecule has 0 aliphatic heterocycles. The third-order valence-corrected chi connectivity index (χ3v) is 1.97. The SMILES string of the molecule is CCc1ccc(C(O)C(F)F)cc1. The Labute approximate surface area is 76.0 Å². The second-order valence-electron chi connectivity index (χ2n) is 2.87. The molecule has 0 aliphatic rings. The highest BCUT2D eigenvalue weighted by atomic mass is 19.3. The van der Waals surface area contributed by atoms with Crippen molar-refractivity contribution in [3.63, 3.8) is 0 Å². The molecule has 0 heterocycles. The summed E-state index contributed by atoms with van der Waals surface area (Å²) in [6.07, 6.45) is -3.51. The number of aliphatic hydroxyl groups excluding tert-OH is 1. The van der Waals surface area contributed by atoms with Crippen LogP contribution >= 0.6 is 0 Å². The number of benzene rings is 1. The van der Waals surface area contributed by atoms with Crippen LogP contribution in [0.5, 0.6) is 0 Å². The van der Waals surface area contributed by atoms with Crippen molar-refractivity contribution in [1.82, 2.24) is 0 Å². The minimum Gasteiger partial charge on any atom is -0.382 e. The summed E-state index contributed by atoms with van der Waals surface area (Å²) in [5.41, 5.74) is 1.34. The topological polar surface area (TPSA) is 20.2 Å². The maximum atomic E-state index is 12.0. The molecule has 13 heavy (non-hydrogen) atoms. The molecule has 72 valence electrons. The van der Waals surface area contributed by atoms with Gasteiger partial charge >= 0.3 is 0 Å². The predicted molar refractivity (Wildman–Crippen MR) is 46.8 cm³/mol. The van der Waals surface area contributed by atoms with Gasteiger partial charge in [-0.05, 0) is 17.5 Å². The van der Waals surface area contributed by atoms with Crippen molar-refractivity contribution in [2.45, 2.75) is 25.9 Å². The van der Waals surface area contributed by atoms with E-state index in [1.165, 1.54) is 12.1 Å². The minimum absolute atomic E-state index is 0.271. The van der Waals surface area contributed by atoms with Crippen LogP contribution in [-0.2, 0) is 6.42 Å². The molecule has 0 saturated carbocycles. The van der Waals surface area contributed by atoms with E-state index in [1.807, 2.05) is 6.92 Å². The minimum atomic E-state index is -2.72. The molecule has 0 fully saturated rings. The molecule has 0 aromatic heterocycles. The highest BCUT2D eigenvalue weighted by Crippen LogP contribution is 2.20. The lowest BCUT2D eigenvalue weighted by atomic mass is 10.1. The zero-order valence-corrected chi connectivity index (χ0v) is 7.37. The van der Waals surface area contributed by atoms with Gasteiger partial charge in [-0.1, -0.05) is 31.2 Å². The summed E-state index contributed by atoms with van der Waals surface area (Å²) in [5, 5.41) is 9.01. The van der Waals surface area contributed by atoms with E-state index in [-0.39, 0.29) is 5.56 Å². The van der Waals surface area contributed by atoms with Gasteiger partial charge in [-0.25, -0.2) is 8.78 Å². The molecule has 0 bridgehead atoms. The fraction of sp³-hybridized carbons (Fsp3) is 0.400. The first-order valence-corrected chi connectivity index (χ1v) is 4.20. The van der Waals surface area contributed by atoms with Gasteiger partial charge in [-0.3, -0.25) is 0 Å². The predicted octanol–water partition coefficient (Wildman–Crippen LogP) is 2.55. The van der Waals surface area contributed by atoms with Gasteiger partial charge in [0.1, 0.15) is 6.10 Å². The Morgan fingerprint density at radius 1 is 1.23 bits per heavy atom. The van der Waals surface area contributed by atoms with Crippen molar-refractivity contribution in [1.29, 1.82) is 0 Å². The first-order chi connectivity index (χ1) is 6.15. The van der Waals surface area contributed by atoms with Gasteiger partial charge in [-0.2, -0.15) is 0 Å². The monoisotopic (exact) mass is 186 g/mol. The van der Waals surface area contributed by atoms with Crippen molar-refractivity contribution in [3.8, 4) is 0 Å². The van der Waals surface area contributed by atoms with E-state index in [0.717, 1.165) is 12.0 Å². The Hall–Kier alpha value is -0.960. The van der Waals surface area contributed by atoms with E-state index >= 15 is 0 Å². The van der Waals surface area contributed by atoms with Crippen LogP contribution in [-0.4, -0.2) is 11.5 Å². The lowest BCUT2D eigenvalue weighted by Gasteiger charge is -2.09. The van der Waals surface area contributed by atoms with E-state index in [9.17, 15) is 8.78 Å². The molecule has 1 atom stereocenters. The molecule has 1 N–H and O–H groups in total. The third kappa shape index (κ3) is 2.49. The molecule has 0 aliphatic carbocycles. The van der Waals surface area contributed by atoms with Crippen molar-refractivity contribution in [3.05, 3.63) is 35.4 Å². The molecular formula is C10H12F2O.